The van der Waals surface area contributed by atoms with Crippen molar-refractivity contribution in [2.45, 2.75) is 45.4 Å². The summed E-state index contributed by atoms with van der Waals surface area (Å²) < 4.78 is 11.2. The number of nitrogens with one attached hydrogen (secondary N) is 2. The van der Waals surface area contributed by atoms with Crippen LogP contribution < -0.4 is 10.6 Å². The number of aryl methyl sites for hydroxylation is 2. The first kappa shape index (κ1) is 21.1. The maximum absolute atomic E-state index is 5.78. The number of rotatable bonds is 11. The van der Waals surface area contributed by atoms with E-state index < -0.39 is 0 Å². The maximum Gasteiger partial charge on any atom is 0.190 e. The molecule has 26 heavy (non-hydrogen) atoms. The summed E-state index contributed by atoms with van der Waals surface area (Å²) in [6.45, 7) is 7.31. The highest BCUT2D eigenvalue weighted by Crippen LogP contribution is 2.14. The minimum atomic E-state index is 0.680. The zero-order valence-electron chi connectivity index (χ0n) is 16.3. The molecule has 6 nitrogen and oxygen atoms in total. The van der Waals surface area contributed by atoms with Crippen LogP contribution in [0.3, 0.4) is 0 Å². The van der Waals surface area contributed by atoms with Crippen LogP contribution in [0, 0.1) is 12.8 Å². The van der Waals surface area contributed by atoms with E-state index in [1.165, 1.54) is 5.01 Å². The van der Waals surface area contributed by atoms with Crippen LogP contribution in [0.4, 0.5) is 0 Å². The normalized spacial score (nSPS) is 16.0. The van der Waals surface area contributed by atoms with E-state index in [1.807, 2.05) is 14.0 Å². The minimum absolute atomic E-state index is 0.680. The molecule has 0 spiro atoms. The maximum atomic E-state index is 5.78. The zero-order valence-corrected chi connectivity index (χ0v) is 17.1. The Hall–Kier alpha value is -1.18. The van der Waals surface area contributed by atoms with E-state index in [1.54, 1.807) is 11.3 Å². The molecule has 7 heteroatoms. The Kier molecular flexibility index (Phi) is 10.6. The summed E-state index contributed by atoms with van der Waals surface area (Å²) in [5.41, 5.74) is 1.13. The Bertz CT molecular complexity index is 515. The van der Waals surface area contributed by atoms with Crippen molar-refractivity contribution in [2.75, 3.05) is 46.6 Å². The fourth-order valence-electron chi connectivity index (χ4n) is 2.89. The van der Waals surface area contributed by atoms with Crippen LogP contribution in [-0.2, 0) is 15.9 Å². The fourth-order valence-corrected chi connectivity index (χ4v) is 3.71. The van der Waals surface area contributed by atoms with Crippen LogP contribution in [-0.4, -0.2) is 57.5 Å². The minimum Gasteiger partial charge on any atom is -0.381 e. The third kappa shape index (κ3) is 8.96. The van der Waals surface area contributed by atoms with E-state index in [2.05, 4.69) is 26.0 Å². The van der Waals surface area contributed by atoms with E-state index in [-0.39, 0.29) is 0 Å². The van der Waals surface area contributed by atoms with Gasteiger partial charge in [0.05, 0.1) is 5.01 Å². The highest BCUT2D eigenvalue weighted by Gasteiger charge is 2.13. The number of nitrogens with zero attached hydrogens (tertiary/aromatic N) is 2. The van der Waals surface area contributed by atoms with Crippen LogP contribution in [0.25, 0.3) is 0 Å². The quantitative estimate of drug-likeness (QED) is 0.350. The Balaban J connectivity index is 1.42. The molecule has 0 amide bonds. The Labute approximate surface area is 161 Å². The third-order valence-electron chi connectivity index (χ3n) is 4.45. The number of unbranched alkanes of at least 4 members (excludes halogenated alkanes) is 1. The lowest BCUT2D eigenvalue weighted by molar-refractivity contribution is 0.0203. The molecule has 0 bridgehead atoms. The van der Waals surface area contributed by atoms with Gasteiger partial charge in [-0.25, -0.2) is 4.98 Å². The number of aliphatic imine (C=N–C) groups is 1. The second-order valence-corrected chi connectivity index (χ2v) is 7.69. The van der Waals surface area contributed by atoms with Crippen molar-refractivity contribution in [3.63, 3.8) is 0 Å². The highest BCUT2D eigenvalue weighted by molar-refractivity contribution is 7.09. The van der Waals surface area contributed by atoms with E-state index in [0.29, 0.717) is 5.92 Å². The van der Waals surface area contributed by atoms with Crippen LogP contribution in [0.5, 0.6) is 0 Å². The Morgan fingerprint density at radius 2 is 2.04 bits per heavy atom. The van der Waals surface area contributed by atoms with Gasteiger partial charge in [-0.1, -0.05) is 0 Å². The lowest BCUT2D eigenvalue weighted by Crippen LogP contribution is -2.38. The standard InChI is InChI=1S/C19H34N4O2S/c1-16-15-26-18(23-16)6-3-4-9-21-19(20-2)22-10-5-11-25-14-17-7-12-24-13-8-17/h15,17H,3-14H2,1-2H3,(H2,20,21,22). The molecule has 2 N–H and O–H groups in total. The smallest absolute Gasteiger partial charge is 0.190 e. The predicted molar refractivity (Wildman–Crippen MR) is 108 cm³/mol. The summed E-state index contributed by atoms with van der Waals surface area (Å²) in [6.07, 6.45) is 6.60. The Morgan fingerprint density at radius 1 is 1.27 bits per heavy atom. The van der Waals surface area contributed by atoms with Gasteiger partial charge in [-0.15, -0.1) is 11.3 Å². The van der Waals surface area contributed by atoms with Gasteiger partial charge in [-0.3, -0.25) is 4.99 Å². The summed E-state index contributed by atoms with van der Waals surface area (Å²) in [4.78, 5) is 8.77. The van der Waals surface area contributed by atoms with Gasteiger partial charge in [0.15, 0.2) is 5.96 Å². The first-order valence-electron chi connectivity index (χ1n) is 9.79. The lowest BCUT2D eigenvalue weighted by atomic mass is 10.0. The molecular formula is C19H34N4O2S. The molecule has 1 aliphatic rings. The molecule has 1 aromatic heterocycles. The number of aromatic nitrogens is 1. The topological polar surface area (TPSA) is 67.8 Å². The second kappa shape index (κ2) is 13.1. The number of ether oxygens (including phenoxy) is 2. The largest absolute Gasteiger partial charge is 0.381 e. The van der Waals surface area contributed by atoms with Crippen LogP contribution in [0.1, 0.15) is 42.8 Å². The molecule has 0 unspecified atom stereocenters. The number of hydrogen-bond acceptors (Lipinski definition) is 5. The SMILES string of the molecule is CN=C(NCCCCc1nc(C)cs1)NCCCOCC1CCOCC1. The van der Waals surface area contributed by atoms with Gasteiger partial charge in [0, 0.05) is 57.6 Å². The summed E-state index contributed by atoms with van der Waals surface area (Å²) in [6, 6.07) is 0. The number of hydrogen-bond donors (Lipinski definition) is 2. The van der Waals surface area contributed by atoms with Crippen molar-refractivity contribution in [1.82, 2.24) is 15.6 Å². The van der Waals surface area contributed by atoms with Gasteiger partial charge < -0.3 is 20.1 Å². The van der Waals surface area contributed by atoms with Crippen molar-refractivity contribution in [3.05, 3.63) is 16.1 Å². The molecule has 148 valence electrons. The molecule has 0 saturated carbocycles. The summed E-state index contributed by atoms with van der Waals surface area (Å²) >= 11 is 1.76. The van der Waals surface area contributed by atoms with E-state index in [9.17, 15) is 0 Å². The molecule has 1 aliphatic heterocycles. The van der Waals surface area contributed by atoms with Crippen molar-refractivity contribution >= 4 is 17.3 Å². The average molecular weight is 383 g/mol. The third-order valence-corrected chi connectivity index (χ3v) is 5.48. The molecule has 0 aliphatic carbocycles. The second-order valence-electron chi connectivity index (χ2n) is 6.75. The van der Waals surface area contributed by atoms with Gasteiger partial charge in [-0.2, -0.15) is 0 Å². The molecule has 2 heterocycles. The monoisotopic (exact) mass is 382 g/mol. The summed E-state index contributed by atoms with van der Waals surface area (Å²) in [5, 5.41) is 10.1. The molecule has 1 fully saturated rings. The molecule has 1 saturated heterocycles. The summed E-state index contributed by atoms with van der Waals surface area (Å²) in [7, 11) is 1.81. The van der Waals surface area contributed by atoms with Crippen molar-refractivity contribution in [1.29, 1.82) is 0 Å². The van der Waals surface area contributed by atoms with Crippen molar-refractivity contribution in [3.8, 4) is 0 Å². The first-order valence-corrected chi connectivity index (χ1v) is 10.7. The average Bonchev–Trinajstić information content (AvgIpc) is 3.08. The molecule has 0 aromatic carbocycles. The molecule has 0 atom stereocenters. The predicted octanol–water partition coefficient (Wildman–Crippen LogP) is 2.77. The van der Waals surface area contributed by atoms with Crippen LogP contribution in [0.15, 0.2) is 10.4 Å². The van der Waals surface area contributed by atoms with Gasteiger partial charge >= 0.3 is 0 Å². The Morgan fingerprint density at radius 3 is 2.73 bits per heavy atom. The van der Waals surface area contributed by atoms with Gasteiger partial charge in [0.25, 0.3) is 0 Å². The van der Waals surface area contributed by atoms with E-state index >= 15 is 0 Å². The van der Waals surface area contributed by atoms with Crippen LogP contribution in [0.2, 0.25) is 0 Å². The van der Waals surface area contributed by atoms with Gasteiger partial charge in [0.2, 0.25) is 0 Å². The van der Waals surface area contributed by atoms with Crippen molar-refractivity contribution < 1.29 is 9.47 Å². The highest BCUT2D eigenvalue weighted by atomic mass is 32.1. The first-order chi connectivity index (χ1) is 12.8. The van der Waals surface area contributed by atoms with Gasteiger partial charge in [-0.05, 0) is 51.4 Å². The fraction of sp³-hybridized carbons (Fsp3) is 0.789. The van der Waals surface area contributed by atoms with Crippen LogP contribution >= 0.6 is 11.3 Å². The number of guanidine groups is 1. The van der Waals surface area contributed by atoms with E-state index in [0.717, 1.165) is 89.7 Å². The van der Waals surface area contributed by atoms with Crippen molar-refractivity contribution in [2.24, 2.45) is 10.9 Å². The molecule has 0 radical (unpaired) electrons. The lowest BCUT2D eigenvalue weighted by Gasteiger charge is -2.21. The molecule has 2 rings (SSSR count). The molecular weight excluding hydrogens is 348 g/mol. The molecule has 1 aromatic rings. The van der Waals surface area contributed by atoms with Gasteiger partial charge in [0.1, 0.15) is 0 Å². The number of thiazole rings is 1. The zero-order chi connectivity index (χ0) is 18.5. The van der Waals surface area contributed by atoms with E-state index in [4.69, 9.17) is 9.47 Å². The summed E-state index contributed by atoms with van der Waals surface area (Å²) in [5.74, 6) is 1.55.